The van der Waals surface area contributed by atoms with E-state index < -0.39 is 0 Å². The third kappa shape index (κ3) is 3.91. The Morgan fingerprint density at radius 1 is 1.14 bits per heavy atom. The highest BCUT2D eigenvalue weighted by molar-refractivity contribution is 6.42. The van der Waals surface area contributed by atoms with Crippen LogP contribution in [0.1, 0.15) is 30.5 Å². The van der Waals surface area contributed by atoms with Gasteiger partial charge in [-0.2, -0.15) is 0 Å². The summed E-state index contributed by atoms with van der Waals surface area (Å²) < 4.78 is 5.31. The van der Waals surface area contributed by atoms with Gasteiger partial charge in [-0.1, -0.05) is 54.4 Å². The Balaban J connectivity index is 2.44. The summed E-state index contributed by atoms with van der Waals surface area (Å²) >= 11 is 12.5. The number of methoxy groups -OCH3 is 1. The fourth-order valence-electron chi connectivity index (χ4n) is 2.26. The van der Waals surface area contributed by atoms with Crippen molar-refractivity contribution in [1.29, 1.82) is 0 Å². The summed E-state index contributed by atoms with van der Waals surface area (Å²) in [4.78, 5) is 0. The second-order valence-electron chi connectivity index (χ2n) is 4.81. The van der Waals surface area contributed by atoms with E-state index in [1.807, 2.05) is 30.3 Å². The summed E-state index contributed by atoms with van der Waals surface area (Å²) in [5.74, 6) is 0.828. The third-order valence-electron chi connectivity index (χ3n) is 3.32. The Labute approximate surface area is 136 Å². The van der Waals surface area contributed by atoms with E-state index in [0.29, 0.717) is 10.0 Å². The number of rotatable bonds is 6. The number of nitrogens with one attached hydrogen (secondary N) is 1. The standard InChI is InChI=1S/C17H19Cl2NO/c1-3-10-20-17(12-6-4-7-13(11-12)21-2)14-8-5-9-15(18)16(14)19/h4-9,11,17,20H,3,10H2,1-2H3. The van der Waals surface area contributed by atoms with Crippen LogP contribution >= 0.6 is 23.2 Å². The monoisotopic (exact) mass is 323 g/mol. The molecule has 0 spiro atoms. The second-order valence-corrected chi connectivity index (χ2v) is 5.59. The fourth-order valence-corrected chi connectivity index (χ4v) is 2.68. The summed E-state index contributed by atoms with van der Waals surface area (Å²) in [6, 6.07) is 13.7. The Morgan fingerprint density at radius 3 is 2.62 bits per heavy atom. The predicted molar refractivity (Wildman–Crippen MR) is 89.6 cm³/mol. The zero-order chi connectivity index (χ0) is 15.2. The molecule has 0 radical (unpaired) electrons. The number of hydrogen-bond donors (Lipinski definition) is 1. The Kier molecular flexibility index (Phi) is 5.92. The minimum atomic E-state index is -0.00810. The quantitative estimate of drug-likeness (QED) is 0.799. The van der Waals surface area contributed by atoms with Gasteiger partial charge in [0.2, 0.25) is 0 Å². The van der Waals surface area contributed by atoms with Crippen LogP contribution in [-0.2, 0) is 0 Å². The summed E-state index contributed by atoms with van der Waals surface area (Å²) in [5, 5.41) is 4.69. The van der Waals surface area contributed by atoms with Crippen molar-refractivity contribution >= 4 is 23.2 Å². The molecule has 0 saturated carbocycles. The number of ether oxygens (including phenoxy) is 1. The molecule has 0 aromatic heterocycles. The van der Waals surface area contributed by atoms with Gasteiger partial charge < -0.3 is 10.1 Å². The van der Waals surface area contributed by atoms with Gasteiger partial charge in [-0.05, 0) is 42.3 Å². The SMILES string of the molecule is CCCNC(c1cccc(OC)c1)c1cccc(Cl)c1Cl. The molecule has 0 aliphatic rings. The van der Waals surface area contributed by atoms with Crippen molar-refractivity contribution < 1.29 is 4.74 Å². The highest BCUT2D eigenvalue weighted by Crippen LogP contribution is 2.34. The minimum Gasteiger partial charge on any atom is -0.497 e. The van der Waals surface area contributed by atoms with E-state index in [9.17, 15) is 0 Å². The lowest BCUT2D eigenvalue weighted by Crippen LogP contribution is -2.23. The van der Waals surface area contributed by atoms with Crippen molar-refractivity contribution in [1.82, 2.24) is 5.32 Å². The first kappa shape index (κ1) is 16.2. The molecule has 112 valence electrons. The molecule has 4 heteroatoms. The average Bonchev–Trinajstić information content (AvgIpc) is 2.52. The Bertz CT molecular complexity index is 601. The molecular weight excluding hydrogens is 305 g/mol. The predicted octanol–water partition coefficient (Wildman–Crippen LogP) is 5.09. The Hall–Kier alpha value is -1.22. The van der Waals surface area contributed by atoms with Gasteiger partial charge in [0.25, 0.3) is 0 Å². The molecule has 2 aromatic rings. The van der Waals surface area contributed by atoms with Gasteiger partial charge in [-0.15, -0.1) is 0 Å². The molecule has 1 unspecified atom stereocenters. The number of benzene rings is 2. The molecule has 0 amide bonds. The maximum atomic E-state index is 6.39. The summed E-state index contributed by atoms with van der Waals surface area (Å²) in [7, 11) is 1.67. The average molecular weight is 324 g/mol. The van der Waals surface area contributed by atoms with Crippen LogP contribution in [0.15, 0.2) is 42.5 Å². The van der Waals surface area contributed by atoms with Gasteiger partial charge in [0.1, 0.15) is 5.75 Å². The number of halogens is 2. The third-order valence-corrected chi connectivity index (χ3v) is 4.15. The fraction of sp³-hybridized carbons (Fsp3) is 0.294. The van der Waals surface area contributed by atoms with Crippen LogP contribution in [0, 0.1) is 0 Å². The van der Waals surface area contributed by atoms with Crippen LogP contribution in [0.25, 0.3) is 0 Å². The molecule has 1 atom stereocenters. The van der Waals surface area contributed by atoms with Crippen molar-refractivity contribution in [2.45, 2.75) is 19.4 Å². The van der Waals surface area contributed by atoms with Gasteiger partial charge in [0.05, 0.1) is 23.2 Å². The summed E-state index contributed by atoms with van der Waals surface area (Å²) in [6.45, 7) is 3.03. The molecule has 0 fully saturated rings. The first-order chi connectivity index (χ1) is 10.2. The zero-order valence-corrected chi connectivity index (χ0v) is 13.7. The van der Waals surface area contributed by atoms with E-state index in [4.69, 9.17) is 27.9 Å². The van der Waals surface area contributed by atoms with E-state index in [0.717, 1.165) is 29.8 Å². The lowest BCUT2D eigenvalue weighted by atomic mass is 9.98. The highest BCUT2D eigenvalue weighted by Gasteiger charge is 2.18. The first-order valence-corrected chi connectivity index (χ1v) is 7.74. The Morgan fingerprint density at radius 2 is 1.90 bits per heavy atom. The van der Waals surface area contributed by atoms with E-state index in [2.05, 4.69) is 18.3 Å². The molecular formula is C17H19Cl2NO. The molecule has 2 aromatic carbocycles. The van der Waals surface area contributed by atoms with Crippen molar-refractivity contribution in [3.63, 3.8) is 0 Å². The zero-order valence-electron chi connectivity index (χ0n) is 12.2. The van der Waals surface area contributed by atoms with Gasteiger partial charge in [0.15, 0.2) is 0 Å². The van der Waals surface area contributed by atoms with Crippen LogP contribution in [-0.4, -0.2) is 13.7 Å². The molecule has 2 rings (SSSR count). The van der Waals surface area contributed by atoms with Crippen molar-refractivity contribution in [3.05, 3.63) is 63.6 Å². The van der Waals surface area contributed by atoms with Crippen molar-refractivity contribution in [2.24, 2.45) is 0 Å². The van der Waals surface area contributed by atoms with Crippen LogP contribution in [0.2, 0.25) is 10.0 Å². The highest BCUT2D eigenvalue weighted by atomic mass is 35.5. The number of hydrogen-bond acceptors (Lipinski definition) is 2. The van der Waals surface area contributed by atoms with Crippen molar-refractivity contribution in [3.8, 4) is 5.75 Å². The topological polar surface area (TPSA) is 21.3 Å². The lowest BCUT2D eigenvalue weighted by molar-refractivity contribution is 0.413. The van der Waals surface area contributed by atoms with E-state index >= 15 is 0 Å². The van der Waals surface area contributed by atoms with Gasteiger partial charge in [-0.25, -0.2) is 0 Å². The molecule has 0 heterocycles. The van der Waals surface area contributed by atoms with E-state index in [1.54, 1.807) is 13.2 Å². The first-order valence-electron chi connectivity index (χ1n) is 6.98. The molecule has 1 N–H and O–H groups in total. The van der Waals surface area contributed by atoms with Crippen LogP contribution in [0.3, 0.4) is 0 Å². The van der Waals surface area contributed by atoms with Crippen LogP contribution < -0.4 is 10.1 Å². The maximum absolute atomic E-state index is 6.39. The lowest BCUT2D eigenvalue weighted by Gasteiger charge is -2.21. The molecule has 0 aliphatic carbocycles. The summed E-state index contributed by atoms with van der Waals surface area (Å²) in [6.07, 6.45) is 1.04. The molecule has 21 heavy (non-hydrogen) atoms. The van der Waals surface area contributed by atoms with Gasteiger partial charge >= 0.3 is 0 Å². The van der Waals surface area contributed by atoms with Crippen molar-refractivity contribution in [2.75, 3.05) is 13.7 Å². The van der Waals surface area contributed by atoms with Gasteiger partial charge in [0, 0.05) is 0 Å². The molecule has 0 aliphatic heterocycles. The normalized spacial score (nSPS) is 12.2. The smallest absolute Gasteiger partial charge is 0.119 e. The minimum absolute atomic E-state index is 0.00810. The molecule has 0 bridgehead atoms. The largest absolute Gasteiger partial charge is 0.497 e. The molecule has 2 nitrogen and oxygen atoms in total. The second kappa shape index (κ2) is 7.69. The van der Waals surface area contributed by atoms with Crippen LogP contribution in [0.4, 0.5) is 0 Å². The summed E-state index contributed by atoms with van der Waals surface area (Å²) in [5.41, 5.74) is 2.08. The van der Waals surface area contributed by atoms with E-state index in [-0.39, 0.29) is 6.04 Å². The maximum Gasteiger partial charge on any atom is 0.119 e. The molecule has 0 saturated heterocycles. The van der Waals surface area contributed by atoms with Gasteiger partial charge in [-0.3, -0.25) is 0 Å². The van der Waals surface area contributed by atoms with Crippen LogP contribution in [0.5, 0.6) is 5.75 Å². The van der Waals surface area contributed by atoms with E-state index in [1.165, 1.54) is 0 Å².